The van der Waals surface area contributed by atoms with Crippen molar-refractivity contribution in [2.45, 2.75) is 43.0 Å². The number of benzene rings is 2. The highest BCUT2D eigenvalue weighted by Gasteiger charge is 2.53. The molecule has 4 nitrogen and oxygen atoms in total. The number of ether oxygens (including phenoxy) is 1. The number of hydrogen-bond donors (Lipinski definition) is 0. The maximum atomic E-state index is 13.3. The molecule has 1 aliphatic carbocycles. The molecule has 5 heteroatoms. The summed E-state index contributed by atoms with van der Waals surface area (Å²) >= 11 is 0. The molecule has 1 fully saturated rings. The first-order valence-corrected chi connectivity index (χ1v) is 10.1. The third-order valence-corrected chi connectivity index (χ3v) is 7.50. The molecular weight excluding hydrogens is 334 g/mol. The highest BCUT2D eigenvalue weighted by atomic mass is 32.2. The van der Waals surface area contributed by atoms with Crippen molar-refractivity contribution >= 4 is 10.0 Å². The number of fused-ring (bicyclic) bond motifs is 1. The molecular formula is C20H23NO3S. The Kier molecular flexibility index (Phi) is 3.89. The Morgan fingerprint density at radius 2 is 1.76 bits per heavy atom. The molecule has 1 spiro atoms. The first-order chi connectivity index (χ1) is 11.9. The molecule has 1 aliphatic heterocycles. The number of hydrogen-bond acceptors (Lipinski definition) is 3. The van der Waals surface area contributed by atoms with E-state index in [4.69, 9.17) is 4.74 Å². The summed E-state index contributed by atoms with van der Waals surface area (Å²) in [5.41, 5.74) is 3.27. The van der Waals surface area contributed by atoms with Gasteiger partial charge in [0.2, 0.25) is 10.0 Å². The Morgan fingerprint density at radius 3 is 2.40 bits per heavy atom. The predicted molar refractivity (Wildman–Crippen MR) is 97.4 cm³/mol. The zero-order valence-corrected chi connectivity index (χ0v) is 15.5. The minimum atomic E-state index is -3.48. The van der Waals surface area contributed by atoms with Gasteiger partial charge in [-0.1, -0.05) is 23.8 Å². The van der Waals surface area contributed by atoms with Gasteiger partial charge in [0, 0.05) is 12.1 Å². The van der Waals surface area contributed by atoms with E-state index in [0.29, 0.717) is 11.4 Å². The summed E-state index contributed by atoms with van der Waals surface area (Å²) in [5, 5.41) is 0. The lowest BCUT2D eigenvalue weighted by Gasteiger charge is -2.29. The third-order valence-electron chi connectivity index (χ3n) is 5.48. The molecule has 0 N–H and O–H groups in total. The van der Waals surface area contributed by atoms with Crippen molar-refractivity contribution in [3.8, 4) is 5.75 Å². The lowest BCUT2D eigenvalue weighted by atomic mass is 9.99. The molecule has 2 aliphatic rings. The Morgan fingerprint density at radius 1 is 1.04 bits per heavy atom. The molecule has 2 aromatic rings. The van der Waals surface area contributed by atoms with Gasteiger partial charge in [0.1, 0.15) is 5.75 Å². The van der Waals surface area contributed by atoms with Gasteiger partial charge in [-0.15, -0.1) is 0 Å². The zero-order chi connectivity index (χ0) is 17.7. The fourth-order valence-electron chi connectivity index (χ4n) is 3.82. The van der Waals surface area contributed by atoms with E-state index in [1.165, 1.54) is 11.1 Å². The van der Waals surface area contributed by atoms with Crippen molar-refractivity contribution in [3.63, 3.8) is 0 Å². The van der Waals surface area contributed by atoms with E-state index in [-0.39, 0.29) is 5.54 Å². The second kappa shape index (κ2) is 5.85. The smallest absolute Gasteiger partial charge is 0.243 e. The fourth-order valence-corrected chi connectivity index (χ4v) is 5.64. The van der Waals surface area contributed by atoms with Crippen LogP contribution in [0.4, 0.5) is 0 Å². The van der Waals surface area contributed by atoms with Gasteiger partial charge in [-0.2, -0.15) is 4.31 Å². The molecule has 0 aromatic heterocycles. The van der Waals surface area contributed by atoms with Gasteiger partial charge in [-0.3, -0.25) is 0 Å². The van der Waals surface area contributed by atoms with Gasteiger partial charge in [0.05, 0.1) is 12.0 Å². The molecule has 0 radical (unpaired) electrons. The van der Waals surface area contributed by atoms with Gasteiger partial charge < -0.3 is 4.74 Å². The van der Waals surface area contributed by atoms with Crippen LogP contribution in [0.3, 0.4) is 0 Å². The highest BCUT2D eigenvalue weighted by Crippen LogP contribution is 2.49. The standard InChI is InChI=1S/C20H23NO3S/c1-15-3-7-19(8-4-15)25(22,23)21-12-9-16-13-18(24-2)6-5-17(16)14-20(21)10-11-20/h3-8,13H,9-12,14H2,1-2H3. The first-order valence-electron chi connectivity index (χ1n) is 8.70. The fraction of sp³-hybridized carbons (Fsp3) is 0.400. The lowest BCUT2D eigenvalue weighted by Crippen LogP contribution is -2.43. The summed E-state index contributed by atoms with van der Waals surface area (Å²) in [7, 11) is -1.82. The molecule has 0 unspecified atom stereocenters. The van der Waals surface area contributed by atoms with Crippen LogP contribution < -0.4 is 4.74 Å². The van der Waals surface area contributed by atoms with Crippen LogP contribution in [0.2, 0.25) is 0 Å². The van der Waals surface area contributed by atoms with Crippen molar-refractivity contribution in [2.24, 2.45) is 0 Å². The number of rotatable bonds is 3. The minimum absolute atomic E-state index is 0.246. The van der Waals surface area contributed by atoms with Crippen molar-refractivity contribution in [2.75, 3.05) is 13.7 Å². The minimum Gasteiger partial charge on any atom is -0.497 e. The number of sulfonamides is 1. The summed E-state index contributed by atoms with van der Waals surface area (Å²) < 4.78 is 33.7. The van der Waals surface area contributed by atoms with Crippen molar-refractivity contribution in [1.82, 2.24) is 4.31 Å². The summed E-state index contributed by atoms with van der Waals surface area (Å²) in [6.45, 7) is 2.49. The molecule has 0 saturated heterocycles. The van der Waals surface area contributed by atoms with Crippen LogP contribution in [0.1, 0.15) is 29.5 Å². The molecule has 132 valence electrons. The Balaban J connectivity index is 1.71. The van der Waals surface area contributed by atoms with E-state index in [1.54, 1.807) is 23.5 Å². The molecule has 1 saturated carbocycles. The third kappa shape index (κ3) is 2.85. The van der Waals surface area contributed by atoms with Crippen molar-refractivity contribution in [3.05, 3.63) is 59.2 Å². The van der Waals surface area contributed by atoms with Crippen LogP contribution in [0.25, 0.3) is 0 Å². The topological polar surface area (TPSA) is 46.6 Å². The number of aryl methyl sites for hydroxylation is 1. The lowest BCUT2D eigenvalue weighted by molar-refractivity contribution is 0.308. The zero-order valence-electron chi connectivity index (χ0n) is 14.7. The molecule has 0 amide bonds. The van der Waals surface area contributed by atoms with Crippen LogP contribution in [0, 0.1) is 6.92 Å². The summed E-state index contributed by atoms with van der Waals surface area (Å²) in [5.74, 6) is 0.832. The Bertz CT molecular complexity index is 899. The molecule has 1 heterocycles. The van der Waals surface area contributed by atoms with Crippen molar-refractivity contribution < 1.29 is 13.2 Å². The maximum absolute atomic E-state index is 13.3. The van der Waals surface area contributed by atoms with Crippen LogP contribution in [0.15, 0.2) is 47.4 Å². The van der Waals surface area contributed by atoms with Gasteiger partial charge in [0.15, 0.2) is 0 Å². The number of methoxy groups -OCH3 is 1. The Labute approximate surface area is 149 Å². The van der Waals surface area contributed by atoms with E-state index in [1.807, 2.05) is 31.2 Å². The van der Waals surface area contributed by atoms with E-state index >= 15 is 0 Å². The second-order valence-electron chi connectivity index (χ2n) is 7.18. The SMILES string of the molecule is COc1ccc2c(c1)CCN(S(=O)(=O)c1ccc(C)cc1)C1(CC1)C2. The molecule has 4 rings (SSSR count). The molecule has 2 aromatic carbocycles. The Hall–Kier alpha value is -1.85. The van der Waals surface area contributed by atoms with E-state index in [2.05, 4.69) is 6.07 Å². The number of nitrogens with zero attached hydrogens (tertiary/aromatic N) is 1. The highest BCUT2D eigenvalue weighted by molar-refractivity contribution is 7.89. The van der Waals surface area contributed by atoms with E-state index < -0.39 is 10.0 Å². The van der Waals surface area contributed by atoms with Gasteiger partial charge in [0.25, 0.3) is 0 Å². The molecule has 25 heavy (non-hydrogen) atoms. The summed E-state index contributed by atoms with van der Waals surface area (Å²) in [4.78, 5) is 0.396. The quantitative estimate of drug-likeness (QED) is 0.846. The molecule has 0 bridgehead atoms. The second-order valence-corrected chi connectivity index (χ2v) is 9.04. The van der Waals surface area contributed by atoms with Crippen LogP contribution in [-0.4, -0.2) is 31.9 Å². The largest absolute Gasteiger partial charge is 0.497 e. The van der Waals surface area contributed by atoms with Gasteiger partial charge in [-0.05, 0) is 68.0 Å². The van der Waals surface area contributed by atoms with Crippen LogP contribution in [-0.2, 0) is 22.9 Å². The van der Waals surface area contributed by atoms with E-state index in [9.17, 15) is 8.42 Å². The average molecular weight is 357 g/mol. The van der Waals surface area contributed by atoms with E-state index in [0.717, 1.165) is 37.0 Å². The monoisotopic (exact) mass is 357 g/mol. The summed E-state index contributed by atoms with van der Waals surface area (Å²) in [6.07, 6.45) is 3.38. The molecule has 0 atom stereocenters. The van der Waals surface area contributed by atoms with Crippen LogP contribution >= 0.6 is 0 Å². The first kappa shape index (κ1) is 16.6. The predicted octanol–water partition coefficient (Wildman–Crippen LogP) is 3.33. The average Bonchev–Trinajstić information content (AvgIpc) is 3.39. The normalized spacial score (nSPS) is 19.3. The van der Waals surface area contributed by atoms with Crippen molar-refractivity contribution in [1.29, 1.82) is 0 Å². The van der Waals surface area contributed by atoms with Crippen LogP contribution in [0.5, 0.6) is 5.75 Å². The van der Waals surface area contributed by atoms with Gasteiger partial charge >= 0.3 is 0 Å². The summed E-state index contributed by atoms with van der Waals surface area (Å²) in [6, 6.07) is 13.3. The maximum Gasteiger partial charge on any atom is 0.243 e. The van der Waals surface area contributed by atoms with Gasteiger partial charge in [-0.25, -0.2) is 8.42 Å².